The molecule has 0 unspecified atom stereocenters. The minimum Gasteiger partial charge on any atom is -0.475 e. The van der Waals surface area contributed by atoms with Crippen molar-refractivity contribution < 1.29 is 29.3 Å². The lowest BCUT2D eigenvalue weighted by Crippen LogP contribution is -2.36. The van der Waals surface area contributed by atoms with Crippen molar-refractivity contribution in [3.05, 3.63) is 47.9 Å². The smallest absolute Gasteiger partial charge is 0.370 e. The average Bonchev–Trinajstić information content (AvgIpc) is 3.06. The first-order valence-electron chi connectivity index (χ1n) is 9.43. The maximum Gasteiger partial charge on any atom is 0.370 e. The van der Waals surface area contributed by atoms with Gasteiger partial charge in [-0.05, 0) is 37.5 Å². The van der Waals surface area contributed by atoms with Gasteiger partial charge in [0, 0.05) is 43.6 Å². The monoisotopic (exact) mass is 387 g/mol. The van der Waals surface area contributed by atoms with E-state index in [1.165, 1.54) is 6.92 Å². The zero-order chi connectivity index (χ0) is 20.3. The fourth-order valence-corrected chi connectivity index (χ4v) is 3.85. The molecule has 7 nitrogen and oxygen atoms in total. The van der Waals surface area contributed by atoms with Crippen LogP contribution < -0.4 is 0 Å². The Balaban J connectivity index is 2.16. The van der Waals surface area contributed by atoms with Crippen LogP contribution in [0.1, 0.15) is 43.0 Å². The third kappa shape index (κ3) is 3.81. The highest BCUT2D eigenvalue weighted by Crippen LogP contribution is 2.42. The molecule has 0 spiro atoms. The predicted molar refractivity (Wildman–Crippen MR) is 103 cm³/mol. The Morgan fingerprint density at radius 2 is 2.04 bits per heavy atom. The first-order valence-corrected chi connectivity index (χ1v) is 9.43. The van der Waals surface area contributed by atoms with E-state index in [-0.39, 0.29) is 30.1 Å². The molecular formula is C21H25NO6. The summed E-state index contributed by atoms with van der Waals surface area (Å²) in [7, 11) is 0. The summed E-state index contributed by atoms with van der Waals surface area (Å²) in [5.74, 6) is -1.96. The quantitative estimate of drug-likeness (QED) is 0.757. The highest BCUT2D eigenvalue weighted by atomic mass is 16.7. The predicted octanol–water partition coefficient (Wildman–Crippen LogP) is 3.14. The molecule has 1 aromatic heterocycles. The standard InChI is InChI=1S/C21H25NO6/c1-3-27-21-15(8-6-10-23)16(11-19(28-21)20(25)26)17-12-22(13(2)24)18-9-5-4-7-14(17)18/h4-5,7,9,11-12,15-16,21,23H,3,6,8,10H2,1-2H3,(H,25,26)/t15-,16-,21+/m1/s1. The molecule has 7 heteroatoms. The number of carbonyl (C=O) groups excluding carboxylic acids is 1. The SMILES string of the molecule is CCO[C@H]1OC(C(=O)O)=C[C@@H](c2cn(C(C)=O)c3ccccc23)[C@H]1CCCO. The summed E-state index contributed by atoms with van der Waals surface area (Å²) in [6, 6.07) is 7.54. The van der Waals surface area contributed by atoms with Crippen molar-refractivity contribution >= 4 is 22.8 Å². The second-order valence-corrected chi connectivity index (χ2v) is 6.82. The highest BCUT2D eigenvalue weighted by Gasteiger charge is 2.39. The highest BCUT2D eigenvalue weighted by molar-refractivity contribution is 5.94. The summed E-state index contributed by atoms with van der Waals surface area (Å²) in [6.07, 6.45) is 3.75. The minimum absolute atomic E-state index is 0.0206. The van der Waals surface area contributed by atoms with E-state index < -0.39 is 12.3 Å². The number of hydrogen-bond donors (Lipinski definition) is 2. The van der Waals surface area contributed by atoms with Crippen LogP contribution in [-0.2, 0) is 14.3 Å². The lowest BCUT2D eigenvalue weighted by atomic mass is 9.80. The third-order valence-corrected chi connectivity index (χ3v) is 5.06. The minimum atomic E-state index is -1.16. The van der Waals surface area contributed by atoms with Crippen molar-refractivity contribution in [1.82, 2.24) is 4.57 Å². The van der Waals surface area contributed by atoms with Crippen LogP contribution in [0.5, 0.6) is 0 Å². The molecule has 0 radical (unpaired) electrons. The Kier molecular flexibility index (Phi) is 6.16. The number of carboxylic acids is 1. The van der Waals surface area contributed by atoms with Crippen LogP contribution in [0.2, 0.25) is 0 Å². The maximum absolute atomic E-state index is 12.1. The van der Waals surface area contributed by atoms with Crippen LogP contribution in [0.15, 0.2) is 42.3 Å². The van der Waals surface area contributed by atoms with Crippen molar-refractivity contribution in [3.63, 3.8) is 0 Å². The molecular weight excluding hydrogens is 362 g/mol. The van der Waals surface area contributed by atoms with Crippen LogP contribution in [0, 0.1) is 5.92 Å². The number of carboxylic acid groups (broad SMARTS) is 1. The van der Waals surface area contributed by atoms with Gasteiger partial charge >= 0.3 is 5.97 Å². The van der Waals surface area contributed by atoms with Gasteiger partial charge in [-0.3, -0.25) is 9.36 Å². The molecule has 150 valence electrons. The van der Waals surface area contributed by atoms with Crippen molar-refractivity contribution in [1.29, 1.82) is 0 Å². The molecule has 0 fully saturated rings. The largest absolute Gasteiger partial charge is 0.475 e. The number of para-hydroxylation sites is 1. The van der Waals surface area contributed by atoms with Gasteiger partial charge in [0.25, 0.3) is 0 Å². The number of nitrogens with zero attached hydrogens (tertiary/aromatic N) is 1. The fraction of sp³-hybridized carbons (Fsp3) is 0.429. The lowest BCUT2D eigenvalue weighted by Gasteiger charge is -2.36. The molecule has 0 bridgehead atoms. The van der Waals surface area contributed by atoms with Crippen LogP contribution >= 0.6 is 0 Å². The van der Waals surface area contributed by atoms with E-state index in [4.69, 9.17) is 9.47 Å². The van der Waals surface area contributed by atoms with Crippen LogP contribution in [-0.4, -0.2) is 46.2 Å². The summed E-state index contributed by atoms with van der Waals surface area (Å²) < 4.78 is 12.9. The van der Waals surface area contributed by atoms with Gasteiger partial charge in [0.05, 0.1) is 5.52 Å². The number of aliphatic hydroxyl groups is 1. The number of aliphatic carboxylic acids is 1. The molecule has 2 heterocycles. The van der Waals surface area contributed by atoms with E-state index in [1.54, 1.807) is 16.8 Å². The topological polar surface area (TPSA) is 98.0 Å². The number of ether oxygens (including phenoxy) is 2. The Morgan fingerprint density at radius 1 is 1.29 bits per heavy atom. The van der Waals surface area contributed by atoms with Gasteiger partial charge in [0.1, 0.15) is 0 Å². The molecule has 28 heavy (non-hydrogen) atoms. The molecule has 0 aliphatic carbocycles. The molecule has 2 aromatic rings. The summed E-state index contributed by atoms with van der Waals surface area (Å²) >= 11 is 0. The van der Waals surface area contributed by atoms with Gasteiger partial charge in [-0.25, -0.2) is 4.79 Å². The van der Waals surface area contributed by atoms with Crippen molar-refractivity contribution in [3.8, 4) is 0 Å². The normalized spacial score (nSPS) is 22.0. The Bertz CT molecular complexity index is 899. The number of hydrogen-bond acceptors (Lipinski definition) is 5. The van der Waals surface area contributed by atoms with E-state index >= 15 is 0 Å². The molecule has 0 saturated carbocycles. The van der Waals surface area contributed by atoms with Gasteiger partial charge in [-0.15, -0.1) is 0 Å². The molecule has 1 aliphatic rings. The summed E-state index contributed by atoms with van der Waals surface area (Å²) in [5, 5.41) is 19.7. The van der Waals surface area contributed by atoms with E-state index in [2.05, 4.69) is 0 Å². The molecule has 0 saturated heterocycles. The van der Waals surface area contributed by atoms with Crippen molar-refractivity contribution in [2.75, 3.05) is 13.2 Å². The Morgan fingerprint density at radius 3 is 2.68 bits per heavy atom. The van der Waals surface area contributed by atoms with Gasteiger partial charge in [-0.1, -0.05) is 18.2 Å². The Labute approximate surface area is 163 Å². The first kappa shape index (κ1) is 20.1. The number of aliphatic hydroxyl groups excluding tert-OH is 1. The number of carbonyl (C=O) groups is 2. The van der Waals surface area contributed by atoms with Gasteiger partial charge in [-0.2, -0.15) is 0 Å². The Hall–Kier alpha value is -2.64. The number of benzene rings is 1. The molecule has 1 aromatic carbocycles. The third-order valence-electron chi connectivity index (χ3n) is 5.06. The van der Waals surface area contributed by atoms with Crippen LogP contribution in [0.4, 0.5) is 0 Å². The summed E-state index contributed by atoms with van der Waals surface area (Å²) in [4.78, 5) is 23.8. The fourth-order valence-electron chi connectivity index (χ4n) is 3.85. The molecule has 3 rings (SSSR count). The zero-order valence-corrected chi connectivity index (χ0v) is 16.0. The molecule has 1 aliphatic heterocycles. The zero-order valence-electron chi connectivity index (χ0n) is 16.0. The number of rotatable bonds is 7. The van der Waals surface area contributed by atoms with Crippen LogP contribution in [0.3, 0.4) is 0 Å². The molecule has 0 amide bonds. The van der Waals surface area contributed by atoms with Crippen molar-refractivity contribution in [2.24, 2.45) is 5.92 Å². The second-order valence-electron chi connectivity index (χ2n) is 6.82. The van der Waals surface area contributed by atoms with E-state index in [9.17, 15) is 19.8 Å². The lowest BCUT2D eigenvalue weighted by molar-refractivity contribution is -0.173. The molecule has 2 N–H and O–H groups in total. The number of aromatic nitrogens is 1. The van der Waals surface area contributed by atoms with Gasteiger partial charge < -0.3 is 19.7 Å². The van der Waals surface area contributed by atoms with Gasteiger partial charge in [0.2, 0.25) is 18.0 Å². The van der Waals surface area contributed by atoms with E-state index in [0.717, 1.165) is 16.5 Å². The number of fused-ring (bicyclic) bond motifs is 1. The summed E-state index contributed by atoms with van der Waals surface area (Å²) in [5.41, 5.74) is 1.62. The van der Waals surface area contributed by atoms with Crippen LogP contribution in [0.25, 0.3) is 10.9 Å². The van der Waals surface area contributed by atoms with Gasteiger partial charge in [0.15, 0.2) is 0 Å². The molecule has 3 atom stereocenters. The van der Waals surface area contributed by atoms with Crippen molar-refractivity contribution in [2.45, 2.75) is 38.9 Å². The second kappa shape index (κ2) is 8.58. The maximum atomic E-state index is 12.1. The van der Waals surface area contributed by atoms with E-state index in [0.29, 0.717) is 19.4 Å². The average molecular weight is 387 g/mol. The van der Waals surface area contributed by atoms with E-state index in [1.807, 2.05) is 31.2 Å². The number of allylic oxidation sites excluding steroid dienone is 1. The summed E-state index contributed by atoms with van der Waals surface area (Å²) in [6.45, 7) is 3.70. The first-order chi connectivity index (χ1) is 13.5.